The van der Waals surface area contributed by atoms with Gasteiger partial charge < -0.3 is 15.0 Å². The van der Waals surface area contributed by atoms with Gasteiger partial charge >= 0.3 is 5.97 Å². The van der Waals surface area contributed by atoms with E-state index in [-0.39, 0.29) is 0 Å². The third-order valence-corrected chi connectivity index (χ3v) is 3.04. The first-order valence-electron chi connectivity index (χ1n) is 6.95. The predicted octanol–water partition coefficient (Wildman–Crippen LogP) is 2.69. The van der Waals surface area contributed by atoms with Crippen molar-refractivity contribution in [1.82, 2.24) is 0 Å². The average molecular weight is 316 g/mol. The van der Waals surface area contributed by atoms with Gasteiger partial charge in [0, 0.05) is 25.5 Å². The van der Waals surface area contributed by atoms with E-state index in [0.717, 1.165) is 5.69 Å². The van der Waals surface area contributed by atoms with Gasteiger partial charge in [-0.25, -0.2) is 9.18 Å². The molecule has 5 nitrogen and oxygen atoms in total. The zero-order valence-corrected chi connectivity index (χ0v) is 12.9. The average Bonchev–Trinajstić information content (AvgIpc) is 2.52. The highest BCUT2D eigenvalue weighted by Gasteiger charge is 2.11. The topological polar surface area (TPSA) is 58.6 Å². The fourth-order valence-corrected chi connectivity index (χ4v) is 1.89. The molecule has 0 atom stereocenters. The number of ether oxygens (including phenoxy) is 1. The second-order valence-corrected chi connectivity index (χ2v) is 5.08. The first kappa shape index (κ1) is 16.5. The number of carbonyl (C=O) groups excluding carboxylic acids is 2. The Kier molecular flexibility index (Phi) is 5.30. The van der Waals surface area contributed by atoms with E-state index in [1.807, 2.05) is 25.1 Å². The van der Waals surface area contributed by atoms with Crippen LogP contribution in [0.5, 0.6) is 0 Å². The Hall–Kier alpha value is -2.89. The van der Waals surface area contributed by atoms with Gasteiger partial charge in [0.25, 0.3) is 5.91 Å². The van der Waals surface area contributed by atoms with Crippen molar-refractivity contribution in [3.63, 3.8) is 0 Å². The molecule has 0 fully saturated rings. The number of esters is 1. The summed E-state index contributed by atoms with van der Waals surface area (Å²) in [5.74, 6) is -1.59. The third-order valence-electron chi connectivity index (χ3n) is 3.04. The zero-order valence-electron chi connectivity index (χ0n) is 12.9. The number of hydrogen-bond donors (Lipinski definition) is 1. The van der Waals surface area contributed by atoms with Crippen molar-refractivity contribution >= 4 is 23.3 Å². The number of anilines is 2. The summed E-state index contributed by atoms with van der Waals surface area (Å²) in [6.07, 6.45) is 0. The van der Waals surface area contributed by atoms with E-state index in [1.165, 1.54) is 18.2 Å². The molecule has 0 spiro atoms. The van der Waals surface area contributed by atoms with Gasteiger partial charge in [-0.1, -0.05) is 12.1 Å². The minimum atomic E-state index is -0.594. The van der Waals surface area contributed by atoms with Crippen molar-refractivity contribution in [2.24, 2.45) is 0 Å². The molecule has 6 heteroatoms. The lowest BCUT2D eigenvalue weighted by atomic mass is 10.2. The Morgan fingerprint density at radius 1 is 1.13 bits per heavy atom. The first-order valence-corrected chi connectivity index (χ1v) is 6.95. The summed E-state index contributed by atoms with van der Waals surface area (Å²) in [5.41, 5.74) is 1.51. The molecule has 0 aromatic heterocycles. The standard InChI is InChI=1S/C17H17FN2O3/c1-20(2)15-8-3-5-12(9-15)17(22)23-11-16(21)19-14-7-4-6-13(18)10-14/h3-10H,11H2,1-2H3,(H,19,21). The summed E-state index contributed by atoms with van der Waals surface area (Å²) < 4.78 is 18.0. The smallest absolute Gasteiger partial charge is 0.338 e. The molecule has 0 unspecified atom stereocenters. The van der Waals surface area contributed by atoms with Gasteiger partial charge in [0.2, 0.25) is 0 Å². The third kappa shape index (κ3) is 4.81. The van der Waals surface area contributed by atoms with E-state index in [9.17, 15) is 14.0 Å². The van der Waals surface area contributed by atoms with Gasteiger partial charge in [-0.15, -0.1) is 0 Å². The maximum absolute atomic E-state index is 13.0. The molecule has 0 aliphatic heterocycles. The van der Waals surface area contributed by atoms with Crippen LogP contribution in [-0.4, -0.2) is 32.6 Å². The van der Waals surface area contributed by atoms with Crippen LogP contribution in [0, 0.1) is 5.82 Å². The highest BCUT2D eigenvalue weighted by atomic mass is 19.1. The van der Waals surface area contributed by atoms with Crippen LogP contribution < -0.4 is 10.2 Å². The summed E-state index contributed by atoms with van der Waals surface area (Å²) in [6, 6.07) is 12.3. The second kappa shape index (κ2) is 7.40. The van der Waals surface area contributed by atoms with Gasteiger partial charge in [-0.3, -0.25) is 4.79 Å². The van der Waals surface area contributed by atoms with E-state index >= 15 is 0 Å². The van der Waals surface area contributed by atoms with Crippen LogP contribution in [0.2, 0.25) is 0 Å². The molecular formula is C17H17FN2O3. The molecule has 0 saturated carbocycles. The molecule has 0 aliphatic rings. The minimum Gasteiger partial charge on any atom is -0.452 e. The molecule has 0 aliphatic carbocycles. The van der Waals surface area contributed by atoms with Crippen LogP contribution in [0.15, 0.2) is 48.5 Å². The van der Waals surface area contributed by atoms with Crippen molar-refractivity contribution in [3.8, 4) is 0 Å². The summed E-state index contributed by atoms with van der Waals surface area (Å²) in [5, 5.41) is 2.45. The summed E-state index contributed by atoms with van der Waals surface area (Å²) in [7, 11) is 3.72. The predicted molar refractivity (Wildman–Crippen MR) is 86.1 cm³/mol. The molecule has 23 heavy (non-hydrogen) atoms. The Bertz CT molecular complexity index is 716. The van der Waals surface area contributed by atoms with Gasteiger partial charge in [0.1, 0.15) is 5.82 Å². The number of amides is 1. The molecule has 0 heterocycles. The molecule has 2 aromatic rings. The highest BCUT2D eigenvalue weighted by Crippen LogP contribution is 2.14. The molecule has 120 valence electrons. The molecule has 2 rings (SSSR count). The zero-order chi connectivity index (χ0) is 16.8. The van der Waals surface area contributed by atoms with E-state index < -0.39 is 24.3 Å². The van der Waals surface area contributed by atoms with Crippen molar-refractivity contribution in [3.05, 3.63) is 59.9 Å². The summed E-state index contributed by atoms with van der Waals surface area (Å²) >= 11 is 0. The second-order valence-electron chi connectivity index (χ2n) is 5.08. The first-order chi connectivity index (χ1) is 11.0. The van der Waals surface area contributed by atoms with Crippen molar-refractivity contribution < 1.29 is 18.7 Å². The maximum Gasteiger partial charge on any atom is 0.338 e. The molecule has 0 bridgehead atoms. The Balaban J connectivity index is 1.91. The lowest BCUT2D eigenvalue weighted by Crippen LogP contribution is -2.21. The van der Waals surface area contributed by atoms with Crippen LogP contribution in [-0.2, 0) is 9.53 Å². The van der Waals surface area contributed by atoms with Crippen molar-refractivity contribution in [2.45, 2.75) is 0 Å². The van der Waals surface area contributed by atoms with Crippen LogP contribution in [0.1, 0.15) is 10.4 Å². The lowest BCUT2D eigenvalue weighted by molar-refractivity contribution is -0.119. The van der Waals surface area contributed by atoms with Gasteiger partial charge in [0.15, 0.2) is 6.61 Å². The molecule has 1 N–H and O–H groups in total. The van der Waals surface area contributed by atoms with E-state index in [4.69, 9.17) is 4.74 Å². The largest absolute Gasteiger partial charge is 0.452 e. The monoisotopic (exact) mass is 316 g/mol. The maximum atomic E-state index is 13.0. The molecule has 2 aromatic carbocycles. The van der Waals surface area contributed by atoms with E-state index in [0.29, 0.717) is 11.3 Å². The van der Waals surface area contributed by atoms with Gasteiger partial charge in [0.05, 0.1) is 5.56 Å². The summed E-state index contributed by atoms with van der Waals surface area (Å²) in [6.45, 7) is -0.443. The number of halogens is 1. The minimum absolute atomic E-state index is 0.306. The van der Waals surface area contributed by atoms with Gasteiger partial charge in [-0.05, 0) is 36.4 Å². The van der Waals surface area contributed by atoms with Crippen LogP contribution in [0.25, 0.3) is 0 Å². The van der Waals surface area contributed by atoms with E-state index in [2.05, 4.69) is 5.32 Å². The molecule has 0 radical (unpaired) electrons. The number of nitrogens with zero attached hydrogens (tertiary/aromatic N) is 1. The summed E-state index contributed by atoms with van der Waals surface area (Å²) in [4.78, 5) is 25.5. The lowest BCUT2D eigenvalue weighted by Gasteiger charge is -2.13. The fourth-order valence-electron chi connectivity index (χ4n) is 1.89. The Morgan fingerprint density at radius 3 is 2.57 bits per heavy atom. The number of carbonyl (C=O) groups is 2. The Labute approximate surface area is 133 Å². The molecular weight excluding hydrogens is 299 g/mol. The van der Waals surface area contributed by atoms with Crippen molar-refractivity contribution in [2.75, 3.05) is 30.9 Å². The Morgan fingerprint density at radius 2 is 1.87 bits per heavy atom. The normalized spacial score (nSPS) is 10.0. The number of nitrogens with one attached hydrogen (secondary N) is 1. The number of benzene rings is 2. The fraction of sp³-hybridized carbons (Fsp3) is 0.176. The SMILES string of the molecule is CN(C)c1cccc(C(=O)OCC(=O)Nc2cccc(F)c2)c1. The van der Waals surface area contributed by atoms with Gasteiger partial charge in [-0.2, -0.15) is 0 Å². The quantitative estimate of drug-likeness (QED) is 0.862. The van der Waals surface area contributed by atoms with Crippen molar-refractivity contribution in [1.29, 1.82) is 0 Å². The van der Waals surface area contributed by atoms with Crippen LogP contribution >= 0.6 is 0 Å². The number of rotatable bonds is 5. The number of hydrogen-bond acceptors (Lipinski definition) is 4. The van der Waals surface area contributed by atoms with Crippen LogP contribution in [0.3, 0.4) is 0 Å². The van der Waals surface area contributed by atoms with Crippen LogP contribution in [0.4, 0.5) is 15.8 Å². The molecule has 0 saturated heterocycles. The molecule has 1 amide bonds. The highest BCUT2D eigenvalue weighted by molar-refractivity contribution is 5.95. The van der Waals surface area contributed by atoms with E-state index in [1.54, 1.807) is 24.3 Å².